The number of nitrogens with zero attached hydrogens (tertiary/aromatic N) is 3. The fourth-order valence-corrected chi connectivity index (χ4v) is 5.10. The molecule has 4 atom stereocenters. The van der Waals surface area contributed by atoms with Gasteiger partial charge in [0.05, 0.1) is 18.8 Å². The molecular weight excluding hydrogens is 357 g/mol. The number of hydrogen-bond donors (Lipinski definition) is 0. The van der Waals surface area contributed by atoms with E-state index in [9.17, 15) is 9.18 Å². The number of fused-ring (bicyclic) bond motifs is 4. The zero-order valence-electron chi connectivity index (χ0n) is 17.0. The van der Waals surface area contributed by atoms with Gasteiger partial charge in [-0.15, -0.1) is 0 Å². The molecular formula is C22H32FN3O2. The van der Waals surface area contributed by atoms with Gasteiger partial charge >= 0.3 is 0 Å². The molecule has 2 bridgehead atoms. The van der Waals surface area contributed by atoms with E-state index in [-0.39, 0.29) is 23.9 Å². The Hall–Kier alpha value is -1.50. The first kappa shape index (κ1) is 19.8. The molecule has 6 heteroatoms. The average Bonchev–Trinajstić information content (AvgIpc) is 2.93. The number of halogens is 1. The number of morpholine rings is 1. The third kappa shape index (κ3) is 4.73. The third-order valence-electron chi connectivity index (χ3n) is 6.33. The van der Waals surface area contributed by atoms with Crippen LogP contribution in [0, 0.1) is 11.7 Å². The molecule has 28 heavy (non-hydrogen) atoms. The van der Waals surface area contributed by atoms with Gasteiger partial charge < -0.3 is 9.64 Å². The summed E-state index contributed by atoms with van der Waals surface area (Å²) in [6.07, 6.45) is 2.62. The fourth-order valence-electron chi connectivity index (χ4n) is 5.10. The summed E-state index contributed by atoms with van der Waals surface area (Å²) in [5, 5.41) is 0. The zero-order valence-corrected chi connectivity index (χ0v) is 17.0. The Morgan fingerprint density at radius 1 is 1.04 bits per heavy atom. The minimum atomic E-state index is -0.184. The van der Waals surface area contributed by atoms with Gasteiger partial charge in [-0.05, 0) is 50.3 Å². The van der Waals surface area contributed by atoms with E-state index in [1.807, 2.05) is 30.9 Å². The second-order valence-electron chi connectivity index (χ2n) is 8.90. The van der Waals surface area contributed by atoms with Gasteiger partial charge in [-0.2, -0.15) is 0 Å². The minimum absolute atomic E-state index is 0.111. The van der Waals surface area contributed by atoms with E-state index in [0.717, 1.165) is 38.2 Å². The van der Waals surface area contributed by atoms with Gasteiger partial charge in [-0.25, -0.2) is 4.39 Å². The Morgan fingerprint density at radius 3 is 2.46 bits per heavy atom. The predicted molar refractivity (Wildman–Crippen MR) is 106 cm³/mol. The first-order chi connectivity index (χ1) is 13.5. The van der Waals surface area contributed by atoms with Crippen molar-refractivity contribution in [1.82, 2.24) is 14.7 Å². The average molecular weight is 390 g/mol. The van der Waals surface area contributed by atoms with Crippen molar-refractivity contribution in [3.8, 4) is 0 Å². The number of carbonyl (C=O) groups is 1. The Bertz CT molecular complexity index is 673. The number of hydrogen-bond acceptors (Lipinski definition) is 4. The molecule has 0 radical (unpaired) electrons. The van der Waals surface area contributed by atoms with Crippen LogP contribution >= 0.6 is 0 Å². The SMILES string of the molecule is C[C@@H]1CN(C(=O)CN2C[C@H]3CC[C@@H]2CN(Cc2ccc(F)cc2)C3)C[C@H](C)O1. The molecule has 0 saturated carbocycles. The Morgan fingerprint density at radius 2 is 1.75 bits per heavy atom. The van der Waals surface area contributed by atoms with Crippen LogP contribution in [0.15, 0.2) is 24.3 Å². The number of rotatable bonds is 4. The number of benzene rings is 1. The van der Waals surface area contributed by atoms with Crippen LogP contribution in [0.4, 0.5) is 4.39 Å². The second kappa shape index (κ2) is 8.47. The normalized spacial score (nSPS) is 31.8. The third-order valence-corrected chi connectivity index (χ3v) is 6.33. The lowest BCUT2D eigenvalue weighted by molar-refractivity contribution is -0.145. The molecule has 4 heterocycles. The van der Waals surface area contributed by atoms with E-state index in [2.05, 4.69) is 9.80 Å². The number of amides is 1. The molecule has 4 aliphatic rings. The van der Waals surface area contributed by atoms with Crippen molar-refractivity contribution in [1.29, 1.82) is 0 Å². The van der Waals surface area contributed by atoms with Crippen LogP contribution in [0.3, 0.4) is 0 Å². The van der Waals surface area contributed by atoms with Crippen LogP contribution < -0.4 is 0 Å². The van der Waals surface area contributed by atoms with Gasteiger partial charge in [0, 0.05) is 45.3 Å². The molecule has 5 nitrogen and oxygen atoms in total. The van der Waals surface area contributed by atoms with Gasteiger partial charge in [-0.3, -0.25) is 14.6 Å². The van der Waals surface area contributed by atoms with Crippen molar-refractivity contribution in [3.05, 3.63) is 35.6 Å². The Kier molecular flexibility index (Phi) is 5.99. The lowest BCUT2D eigenvalue weighted by Gasteiger charge is -2.39. The topological polar surface area (TPSA) is 36.0 Å². The molecule has 1 amide bonds. The van der Waals surface area contributed by atoms with Crippen LogP contribution in [0.25, 0.3) is 0 Å². The summed E-state index contributed by atoms with van der Waals surface area (Å²) in [6.45, 7) is 9.89. The maximum atomic E-state index is 13.2. The summed E-state index contributed by atoms with van der Waals surface area (Å²) in [5.41, 5.74) is 1.15. The molecule has 4 saturated heterocycles. The van der Waals surface area contributed by atoms with Gasteiger partial charge in [0.2, 0.25) is 5.91 Å². The van der Waals surface area contributed by atoms with E-state index in [4.69, 9.17) is 4.74 Å². The van der Waals surface area contributed by atoms with E-state index >= 15 is 0 Å². The molecule has 1 aromatic rings. The lowest BCUT2D eigenvalue weighted by atomic mass is 9.95. The minimum Gasteiger partial charge on any atom is -0.372 e. The molecule has 4 fully saturated rings. The summed E-state index contributed by atoms with van der Waals surface area (Å²) < 4.78 is 18.9. The van der Waals surface area contributed by atoms with Crippen molar-refractivity contribution >= 4 is 5.91 Å². The highest BCUT2D eigenvalue weighted by molar-refractivity contribution is 5.78. The lowest BCUT2D eigenvalue weighted by Crippen LogP contribution is -2.53. The van der Waals surface area contributed by atoms with Crippen molar-refractivity contribution in [2.75, 3.05) is 39.3 Å². The maximum absolute atomic E-state index is 13.2. The van der Waals surface area contributed by atoms with Crippen LogP contribution in [0.2, 0.25) is 0 Å². The van der Waals surface area contributed by atoms with E-state index in [0.29, 0.717) is 31.6 Å². The summed E-state index contributed by atoms with van der Waals surface area (Å²) in [5.74, 6) is 0.658. The molecule has 0 aromatic heterocycles. The summed E-state index contributed by atoms with van der Waals surface area (Å²) in [7, 11) is 0. The van der Waals surface area contributed by atoms with Crippen molar-refractivity contribution in [3.63, 3.8) is 0 Å². The number of ether oxygens (including phenoxy) is 1. The number of piperidine rings is 1. The Balaban J connectivity index is 1.36. The van der Waals surface area contributed by atoms with Crippen LogP contribution in [0.5, 0.6) is 0 Å². The van der Waals surface area contributed by atoms with Crippen LogP contribution in [-0.2, 0) is 16.1 Å². The zero-order chi connectivity index (χ0) is 19.7. The van der Waals surface area contributed by atoms with Gasteiger partial charge in [0.15, 0.2) is 0 Å². The standard InChI is InChI=1S/C22H32FN3O2/c1-16-9-26(10-17(2)28-16)22(27)15-25-13-19-5-8-21(25)14-24(12-19)11-18-3-6-20(23)7-4-18/h3-4,6-7,16-17,19,21H,5,8-15H2,1-2H3/t16-,17+,19-,21+/m0/s1. The molecule has 5 rings (SSSR count). The first-order valence-corrected chi connectivity index (χ1v) is 10.6. The highest BCUT2D eigenvalue weighted by atomic mass is 19.1. The van der Waals surface area contributed by atoms with E-state index in [1.54, 1.807) is 0 Å². The van der Waals surface area contributed by atoms with Crippen molar-refractivity contribution in [2.24, 2.45) is 5.92 Å². The van der Waals surface area contributed by atoms with Crippen molar-refractivity contribution in [2.45, 2.75) is 51.5 Å². The fraction of sp³-hybridized carbons (Fsp3) is 0.682. The highest BCUT2D eigenvalue weighted by Crippen LogP contribution is 2.29. The highest BCUT2D eigenvalue weighted by Gasteiger charge is 2.36. The predicted octanol–water partition coefficient (Wildman–Crippen LogP) is 2.36. The monoisotopic (exact) mass is 389 g/mol. The summed E-state index contributed by atoms with van der Waals surface area (Å²) >= 11 is 0. The molecule has 0 unspecified atom stereocenters. The number of carbonyl (C=O) groups excluding carboxylic acids is 1. The molecule has 0 spiro atoms. The Labute approximate surface area is 167 Å². The molecule has 1 aromatic carbocycles. The van der Waals surface area contributed by atoms with Gasteiger partial charge in [-0.1, -0.05) is 12.1 Å². The molecule has 4 aliphatic heterocycles. The van der Waals surface area contributed by atoms with Gasteiger partial charge in [0.25, 0.3) is 0 Å². The quantitative estimate of drug-likeness (QED) is 0.792. The summed E-state index contributed by atoms with van der Waals surface area (Å²) in [4.78, 5) is 19.8. The molecule has 0 aliphatic carbocycles. The van der Waals surface area contributed by atoms with Crippen molar-refractivity contribution < 1.29 is 13.9 Å². The van der Waals surface area contributed by atoms with Crippen LogP contribution in [0.1, 0.15) is 32.3 Å². The van der Waals surface area contributed by atoms with E-state index in [1.165, 1.54) is 18.6 Å². The second-order valence-corrected chi connectivity index (χ2v) is 8.90. The van der Waals surface area contributed by atoms with Crippen LogP contribution in [-0.4, -0.2) is 78.1 Å². The molecule has 0 N–H and O–H groups in total. The summed E-state index contributed by atoms with van der Waals surface area (Å²) in [6, 6.07) is 7.27. The van der Waals surface area contributed by atoms with E-state index < -0.39 is 0 Å². The van der Waals surface area contributed by atoms with Gasteiger partial charge in [0.1, 0.15) is 5.82 Å². The smallest absolute Gasteiger partial charge is 0.236 e. The first-order valence-electron chi connectivity index (χ1n) is 10.6. The molecule has 154 valence electrons. The largest absolute Gasteiger partial charge is 0.372 e. The maximum Gasteiger partial charge on any atom is 0.236 e.